The number of fused-ring (bicyclic) bond motifs is 1. The molecule has 29 heavy (non-hydrogen) atoms. The lowest BCUT2D eigenvalue weighted by atomic mass is 10.00. The molecule has 0 fully saturated rings. The molecule has 148 valence electrons. The first-order valence-corrected chi connectivity index (χ1v) is 10.0. The van der Waals surface area contributed by atoms with Crippen LogP contribution in [0.2, 0.25) is 0 Å². The molecule has 3 aromatic rings. The summed E-state index contributed by atoms with van der Waals surface area (Å²) in [5, 5.41) is 0. The van der Waals surface area contributed by atoms with Gasteiger partial charge in [0.2, 0.25) is 0 Å². The number of rotatable bonds is 4. The molecule has 3 aromatic carbocycles. The van der Waals surface area contributed by atoms with E-state index in [1.54, 1.807) is 17.7 Å². The molecular formula is C27H28O2. The smallest absolute Gasteiger partial charge is 0.337 e. The second kappa shape index (κ2) is 9.88. The van der Waals surface area contributed by atoms with Crippen molar-refractivity contribution in [2.45, 2.75) is 33.1 Å². The third-order valence-electron chi connectivity index (χ3n) is 5.28. The summed E-state index contributed by atoms with van der Waals surface area (Å²) in [7, 11) is 1.38. The van der Waals surface area contributed by atoms with Gasteiger partial charge in [-0.15, -0.1) is 0 Å². The molecule has 1 aliphatic rings. The first-order chi connectivity index (χ1) is 14.1. The van der Waals surface area contributed by atoms with Crippen LogP contribution in [0.1, 0.15) is 44.6 Å². The molecule has 0 aliphatic heterocycles. The van der Waals surface area contributed by atoms with Crippen LogP contribution in [0.3, 0.4) is 0 Å². The number of aryl methyl sites for hydroxylation is 3. The lowest BCUT2D eigenvalue weighted by Gasteiger charge is -2.06. The first-order valence-electron chi connectivity index (χ1n) is 10.0. The van der Waals surface area contributed by atoms with Crippen LogP contribution in [0.25, 0.3) is 6.08 Å². The summed E-state index contributed by atoms with van der Waals surface area (Å²) in [6, 6.07) is 24.7. The van der Waals surface area contributed by atoms with Gasteiger partial charge in [0.15, 0.2) is 0 Å². The van der Waals surface area contributed by atoms with E-state index >= 15 is 0 Å². The predicted octanol–water partition coefficient (Wildman–Crippen LogP) is 6.35. The van der Waals surface area contributed by atoms with E-state index in [-0.39, 0.29) is 5.97 Å². The van der Waals surface area contributed by atoms with Crippen LogP contribution in [-0.2, 0) is 17.6 Å². The number of methoxy groups -OCH3 is 1. The van der Waals surface area contributed by atoms with E-state index in [0.717, 1.165) is 18.4 Å². The van der Waals surface area contributed by atoms with Gasteiger partial charge in [0.05, 0.1) is 12.7 Å². The molecule has 4 rings (SSSR count). The van der Waals surface area contributed by atoms with Gasteiger partial charge in [-0.05, 0) is 67.5 Å². The zero-order chi connectivity index (χ0) is 20.6. The van der Waals surface area contributed by atoms with Crippen LogP contribution in [0, 0.1) is 13.8 Å². The van der Waals surface area contributed by atoms with Gasteiger partial charge in [-0.3, -0.25) is 0 Å². The average Bonchev–Trinajstić information content (AvgIpc) is 3.17. The van der Waals surface area contributed by atoms with Crippen LogP contribution in [-0.4, -0.2) is 13.1 Å². The van der Waals surface area contributed by atoms with Crippen molar-refractivity contribution in [2.75, 3.05) is 7.11 Å². The van der Waals surface area contributed by atoms with Crippen LogP contribution < -0.4 is 0 Å². The second-order valence-corrected chi connectivity index (χ2v) is 7.46. The summed E-state index contributed by atoms with van der Waals surface area (Å²) in [5.74, 6) is -0.287. The molecule has 2 heteroatoms. The molecule has 0 unspecified atom stereocenters. The predicted molar refractivity (Wildman–Crippen MR) is 120 cm³/mol. The maximum Gasteiger partial charge on any atom is 0.337 e. The molecule has 0 atom stereocenters. The van der Waals surface area contributed by atoms with Crippen molar-refractivity contribution in [3.8, 4) is 0 Å². The van der Waals surface area contributed by atoms with E-state index in [1.807, 2.05) is 19.1 Å². The molecule has 0 saturated carbocycles. The van der Waals surface area contributed by atoms with Crippen LogP contribution in [0.4, 0.5) is 0 Å². The maximum absolute atomic E-state index is 10.9. The fourth-order valence-corrected chi connectivity index (χ4v) is 3.51. The van der Waals surface area contributed by atoms with Gasteiger partial charge in [0.25, 0.3) is 0 Å². The molecule has 0 aromatic heterocycles. The number of carbonyl (C=O) groups excluding carboxylic acids is 1. The van der Waals surface area contributed by atoms with Crippen molar-refractivity contribution in [1.29, 1.82) is 0 Å². The number of esters is 1. The molecule has 0 saturated heterocycles. The van der Waals surface area contributed by atoms with Crippen molar-refractivity contribution in [1.82, 2.24) is 0 Å². The normalized spacial score (nSPS) is 11.8. The van der Waals surface area contributed by atoms with Crippen LogP contribution in [0.15, 0.2) is 78.4 Å². The second-order valence-electron chi connectivity index (χ2n) is 7.46. The summed E-state index contributed by atoms with van der Waals surface area (Å²) < 4.78 is 4.54. The number of hydrogen-bond donors (Lipinski definition) is 0. The van der Waals surface area contributed by atoms with Gasteiger partial charge < -0.3 is 4.74 Å². The molecule has 2 nitrogen and oxygen atoms in total. The fourth-order valence-electron chi connectivity index (χ4n) is 3.51. The van der Waals surface area contributed by atoms with E-state index < -0.39 is 0 Å². The summed E-state index contributed by atoms with van der Waals surface area (Å²) in [6.07, 6.45) is 5.85. The molecule has 0 spiro atoms. The average molecular weight is 385 g/mol. The van der Waals surface area contributed by atoms with Gasteiger partial charge in [-0.1, -0.05) is 77.9 Å². The van der Waals surface area contributed by atoms with E-state index in [2.05, 4.69) is 66.3 Å². The van der Waals surface area contributed by atoms with Crippen molar-refractivity contribution in [2.24, 2.45) is 0 Å². The summed E-state index contributed by atoms with van der Waals surface area (Å²) >= 11 is 0. The number of ether oxygens (including phenoxy) is 1. The minimum atomic E-state index is -0.287. The van der Waals surface area contributed by atoms with Gasteiger partial charge in [0.1, 0.15) is 0 Å². The Morgan fingerprint density at radius 2 is 1.55 bits per heavy atom. The molecule has 0 bridgehead atoms. The lowest BCUT2D eigenvalue weighted by Crippen LogP contribution is -2.00. The van der Waals surface area contributed by atoms with E-state index in [9.17, 15) is 4.79 Å². The Balaban J connectivity index is 0.000000188. The molecule has 0 heterocycles. The van der Waals surface area contributed by atoms with E-state index in [1.165, 1.54) is 35.8 Å². The largest absolute Gasteiger partial charge is 0.465 e. The number of carbonyl (C=O) groups is 1. The highest BCUT2D eigenvalue weighted by atomic mass is 16.5. The highest BCUT2D eigenvalue weighted by Gasteiger charge is 2.11. The van der Waals surface area contributed by atoms with Gasteiger partial charge in [0, 0.05) is 0 Å². The standard InChI is InChI=1S/C18H18.C9H10O2/c1-14-6-2-3-7-16(14)11-10-15-12-17-8-4-5-9-18(17)13-15;1-7-3-5-8(6-4-7)9(10)11-2/h2-9,12H,10-11,13H2,1H3;3-6H,1-2H3. The van der Waals surface area contributed by atoms with Gasteiger partial charge >= 0.3 is 5.97 Å². The minimum absolute atomic E-state index is 0.287. The zero-order valence-corrected chi connectivity index (χ0v) is 17.4. The number of hydrogen-bond acceptors (Lipinski definition) is 2. The van der Waals surface area contributed by atoms with Crippen molar-refractivity contribution < 1.29 is 9.53 Å². The topological polar surface area (TPSA) is 26.3 Å². The molecule has 0 radical (unpaired) electrons. The Bertz CT molecular complexity index is 997. The molecule has 0 N–H and O–H groups in total. The maximum atomic E-state index is 10.9. The Hall–Kier alpha value is -3.13. The third-order valence-corrected chi connectivity index (χ3v) is 5.28. The van der Waals surface area contributed by atoms with Crippen LogP contribution in [0.5, 0.6) is 0 Å². The monoisotopic (exact) mass is 384 g/mol. The highest BCUT2D eigenvalue weighted by Crippen LogP contribution is 2.27. The Morgan fingerprint density at radius 1 is 0.862 bits per heavy atom. The lowest BCUT2D eigenvalue weighted by molar-refractivity contribution is 0.0600. The van der Waals surface area contributed by atoms with Crippen molar-refractivity contribution in [3.05, 3.63) is 112 Å². The highest BCUT2D eigenvalue weighted by molar-refractivity contribution is 5.89. The Labute approximate surface area is 173 Å². The number of benzene rings is 3. The van der Waals surface area contributed by atoms with E-state index in [0.29, 0.717) is 5.56 Å². The SMILES string of the molecule is COC(=O)c1ccc(C)cc1.Cc1ccccc1CCC1=Cc2ccccc2C1. The van der Waals surface area contributed by atoms with Crippen LogP contribution >= 0.6 is 0 Å². The van der Waals surface area contributed by atoms with Crippen molar-refractivity contribution >= 4 is 12.0 Å². The van der Waals surface area contributed by atoms with Crippen molar-refractivity contribution in [3.63, 3.8) is 0 Å². The summed E-state index contributed by atoms with van der Waals surface area (Å²) in [4.78, 5) is 10.9. The summed E-state index contributed by atoms with van der Waals surface area (Å²) in [5.41, 5.74) is 9.09. The zero-order valence-electron chi connectivity index (χ0n) is 17.4. The molecule has 0 amide bonds. The third kappa shape index (κ3) is 5.68. The van der Waals surface area contributed by atoms with Gasteiger partial charge in [-0.2, -0.15) is 0 Å². The summed E-state index contributed by atoms with van der Waals surface area (Å²) in [6.45, 7) is 4.17. The van der Waals surface area contributed by atoms with Gasteiger partial charge in [-0.25, -0.2) is 4.79 Å². The number of allylic oxidation sites excluding steroid dienone is 1. The quantitative estimate of drug-likeness (QED) is 0.490. The van der Waals surface area contributed by atoms with E-state index in [4.69, 9.17) is 0 Å². The molecule has 1 aliphatic carbocycles. The Kier molecular flexibility index (Phi) is 7.02. The molecular weight excluding hydrogens is 356 g/mol. The fraction of sp³-hybridized carbons (Fsp3) is 0.222. The minimum Gasteiger partial charge on any atom is -0.465 e. The Morgan fingerprint density at radius 3 is 2.24 bits per heavy atom. The first kappa shape index (κ1) is 20.6.